The summed E-state index contributed by atoms with van der Waals surface area (Å²) in [6, 6.07) is 22.1. The maximum absolute atomic E-state index is 9.71. The molecule has 136 valence electrons. The average molecular weight is 384 g/mol. The number of nitriles is 4. The molecule has 0 saturated heterocycles. The van der Waals surface area contributed by atoms with Gasteiger partial charge in [-0.1, -0.05) is 36.4 Å². The molecular formula is C24H8N4O2. The average Bonchev–Trinajstić information content (AvgIpc) is 3.35. The third kappa shape index (κ3) is 2.08. The van der Waals surface area contributed by atoms with Gasteiger partial charge in [0.1, 0.15) is 57.8 Å². The van der Waals surface area contributed by atoms with Crippen LogP contribution in [0.15, 0.2) is 57.4 Å². The summed E-state index contributed by atoms with van der Waals surface area (Å²) in [5.74, 6) is 0. The van der Waals surface area contributed by atoms with Crippen LogP contribution in [0.3, 0.4) is 0 Å². The summed E-state index contributed by atoms with van der Waals surface area (Å²) in [5, 5.41) is 41.6. The van der Waals surface area contributed by atoms with Gasteiger partial charge in [0.15, 0.2) is 0 Å². The number of benzene rings is 3. The van der Waals surface area contributed by atoms with Crippen molar-refractivity contribution in [3.05, 3.63) is 59.0 Å². The van der Waals surface area contributed by atoms with E-state index in [9.17, 15) is 21.0 Å². The summed E-state index contributed by atoms with van der Waals surface area (Å²) in [6.07, 6.45) is 0. The standard InChI is InChI=1S/C24H8N4O2/c25-9-13(10-26)19-21-15-5-1-3-7-17(15)29-23(21)20(14(11-27)12-28)24-22(19)16-6-2-4-8-18(16)30-24/h1-8H. The van der Waals surface area contributed by atoms with Gasteiger partial charge in [0.25, 0.3) is 0 Å². The van der Waals surface area contributed by atoms with Crippen LogP contribution in [0.2, 0.25) is 0 Å². The summed E-state index contributed by atoms with van der Waals surface area (Å²) in [7, 11) is 0. The van der Waals surface area contributed by atoms with Gasteiger partial charge in [0, 0.05) is 26.8 Å². The van der Waals surface area contributed by atoms with E-state index in [2.05, 4.69) is 0 Å². The molecule has 0 N–H and O–H groups in total. The minimum atomic E-state index is -0.176. The Kier molecular flexibility index (Phi) is 3.56. The van der Waals surface area contributed by atoms with Crippen LogP contribution in [0.1, 0.15) is 0 Å². The van der Waals surface area contributed by atoms with Gasteiger partial charge in [0.2, 0.25) is 0 Å². The van der Waals surface area contributed by atoms with Crippen LogP contribution < -0.4 is 10.4 Å². The summed E-state index contributed by atoms with van der Waals surface area (Å²) in [6.45, 7) is 0. The molecule has 0 spiro atoms. The molecule has 0 atom stereocenters. The minimum absolute atomic E-state index is 0.106. The van der Waals surface area contributed by atoms with Gasteiger partial charge in [-0.05, 0) is 12.1 Å². The zero-order chi connectivity index (χ0) is 20.8. The Morgan fingerprint density at radius 1 is 0.567 bits per heavy atom. The number of rotatable bonds is 0. The number of hydrogen-bond acceptors (Lipinski definition) is 6. The SMILES string of the molecule is N#CC(C#N)=c1c2oc3ccccc3c2c(=C(C#N)C#N)c2c1oc1ccccc12. The molecule has 0 saturated carbocycles. The monoisotopic (exact) mass is 384 g/mol. The molecule has 0 aliphatic heterocycles. The highest BCUT2D eigenvalue weighted by atomic mass is 16.3. The van der Waals surface area contributed by atoms with Crippen LogP contribution in [0.5, 0.6) is 0 Å². The maximum atomic E-state index is 9.71. The molecule has 0 fully saturated rings. The van der Waals surface area contributed by atoms with Crippen molar-refractivity contribution in [1.29, 1.82) is 21.0 Å². The first-order valence-corrected chi connectivity index (χ1v) is 8.87. The fourth-order valence-corrected chi connectivity index (χ4v) is 3.92. The highest BCUT2D eigenvalue weighted by molar-refractivity contribution is 6.18. The fourth-order valence-electron chi connectivity index (χ4n) is 3.92. The van der Waals surface area contributed by atoms with E-state index in [1.54, 1.807) is 24.3 Å². The molecule has 5 aromatic rings. The van der Waals surface area contributed by atoms with Crippen molar-refractivity contribution in [2.75, 3.05) is 0 Å². The maximum Gasteiger partial charge on any atom is 0.149 e. The molecule has 0 unspecified atom stereocenters. The first-order valence-electron chi connectivity index (χ1n) is 8.87. The lowest BCUT2D eigenvalue weighted by Crippen LogP contribution is -2.16. The Morgan fingerprint density at radius 2 is 0.967 bits per heavy atom. The quantitative estimate of drug-likeness (QED) is 0.399. The summed E-state index contributed by atoms with van der Waals surface area (Å²) in [4.78, 5) is 0. The second-order valence-corrected chi connectivity index (χ2v) is 6.55. The van der Waals surface area contributed by atoms with E-state index in [1.165, 1.54) is 0 Å². The lowest BCUT2D eigenvalue weighted by Gasteiger charge is -1.99. The predicted octanol–water partition coefficient (Wildman–Crippen LogP) is 3.88. The van der Waals surface area contributed by atoms with Crippen LogP contribution in [-0.2, 0) is 0 Å². The van der Waals surface area contributed by atoms with Gasteiger partial charge >= 0.3 is 0 Å². The van der Waals surface area contributed by atoms with Crippen molar-refractivity contribution >= 4 is 55.0 Å². The Morgan fingerprint density at radius 3 is 1.40 bits per heavy atom. The summed E-state index contributed by atoms with van der Waals surface area (Å²) in [5.41, 5.74) is 1.21. The van der Waals surface area contributed by atoms with Crippen LogP contribution in [0, 0.1) is 45.3 Å². The molecular weight excluding hydrogens is 376 g/mol. The molecule has 2 aromatic heterocycles. The van der Waals surface area contributed by atoms with E-state index in [1.807, 2.05) is 48.5 Å². The summed E-state index contributed by atoms with van der Waals surface area (Å²) >= 11 is 0. The van der Waals surface area contributed by atoms with Crippen molar-refractivity contribution in [3.8, 4) is 24.3 Å². The molecule has 6 heteroatoms. The Bertz CT molecular complexity index is 1710. The second-order valence-electron chi connectivity index (χ2n) is 6.55. The van der Waals surface area contributed by atoms with Crippen LogP contribution in [-0.4, -0.2) is 0 Å². The Hall–Kier alpha value is -5.04. The molecule has 0 aliphatic rings. The third-order valence-electron chi connectivity index (χ3n) is 5.09. The number of hydrogen-bond donors (Lipinski definition) is 0. The van der Waals surface area contributed by atoms with E-state index in [0.29, 0.717) is 37.9 Å². The van der Waals surface area contributed by atoms with Gasteiger partial charge in [-0.25, -0.2) is 0 Å². The number of fused-ring (bicyclic) bond motifs is 6. The predicted molar refractivity (Wildman–Crippen MR) is 110 cm³/mol. The highest BCUT2D eigenvalue weighted by Crippen LogP contribution is 2.31. The van der Waals surface area contributed by atoms with E-state index in [0.717, 1.165) is 0 Å². The van der Waals surface area contributed by atoms with Crippen molar-refractivity contribution in [2.24, 2.45) is 0 Å². The largest absolute Gasteiger partial charge is 0.455 e. The van der Waals surface area contributed by atoms with E-state index in [4.69, 9.17) is 8.83 Å². The second kappa shape index (κ2) is 6.25. The van der Waals surface area contributed by atoms with Gasteiger partial charge in [-0.2, -0.15) is 21.0 Å². The summed E-state index contributed by atoms with van der Waals surface area (Å²) < 4.78 is 12.1. The lowest BCUT2D eigenvalue weighted by molar-refractivity contribution is 0.650. The smallest absolute Gasteiger partial charge is 0.149 e. The van der Waals surface area contributed by atoms with Gasteiger partial charge < -0.3 is 8.83 Å². The van der Waals surface area contributed by atoms with Crippen molar-refractivity contribution in [3.63, 3.8) is 0 Å². The number of nitrogens with zero attached hydrogens (tertiary/aromatic N) is 4. The molecule has 6 nitrogen and oxygen atoms in total. The first kappa shape index (κ1) is 17.1. The Labute approximate surface area is 168 Å². The van der Waals surface area contributed by atoms with E-state index < -0.39 is 0 Å². The number of furan rings is 2. The van der Waals surface area contributed by atoms with Crippen LogP contribution >= 0.6 is 0 Å². The van der Waals surface area contributed by atoms with Crippen LogP contribution in [0.4, 0.5) is 0 Å². The van der Waals surface area contributed by atoms with Gasteiger partial charge in [0.05, 0.1) is 5.22 Å². The zero-order valence-electron chi connectivity index (χ0n) is 15.2. The normalized spacial score (nSPS) is 10.5. The van der Waals surface area contributed by atoms with Gasteiger partial charge in [-0.3, -0.25) is 0 Å². The molecule has 0 bridgehead atoms. The van der Waals surface area contributed by atoms with Crippen LogP contribution in [0.25, 0.3) is 55.0 Å². The van der Waals surface area contributed by atoms with Crippen molar-refractivity contribution in [1.82, 2.24) is 0 Å². The number of para-hydroxylation sites is 2. The molecule has 2 heterocycles. The highest BCUT2D eigenvalue weighted by Gasteiger charge is 2.22. The molecule has 3 aromatic carbocycles. The lowest BCUT2D eigenvalue weighted by atomic mass is 9.98. The third-order valence-corrected chi connectivity index (χ3v) is 5.09. The zero-order valence-corrected chi connectivity index (χ0v) is 15.2. The molecule has 5 rings (SSSR count). The van der Waals surface area contributed by atoms with Gasteiger partial charge in [-0.15, -0.1) is 0 Å². The molecule has 0 radical (unpaired) electrons. The topological polar surface area (TPSA) is 121 Å². The first-order chi connectivity index (χ1) is 14.7. The molecule has 0 aliphatic carbocycles. The van der Waals surface area contributed by atoms with Crippen molar-refractivity contribution < 1.29 is 8.83 Å². The molecule has 0 amide bonds. The minimum Gasteiger partial charge on any atom is -0.455 e. The van der Waals surface area contributed by atoms with Crippen molar-refractivity contribution in [2.45, 2.75) is 0 Å². The Balaban J connectivity index is 2.39. The fraction of sp³-hybridized carbons (Fsp3) is 0. The molecule has 30 heavy (non-hydrogen) atoms. The van der Waals surface area contributed by atoms with E-state index >= 15 is 0 Å². The van der Waals surface area contributed by atoms with E-state index in [-0.39, 0.29) is 27.5 Å².